The van der Waals surface area contributed by atoms with Crippen molar-refractivity contribution in [1.82, 2.24) is 14.5 Å². The van der Waals surface area contributed by atoms with Crippen LogP contribution in [0.15, 0.2) is 12.5 Å². The van der Waals surface area contributed by atoms with Gasteiger partial charge in [-0.15, -0.1) is 0 Å². The molecular weight excluding hydrogens is 204 g/mol. The zero-order valence-electron chi connectivity index (χ0n) is 9.97. The minimum absolute atomic E-state index is 0.0732. The molecular formula is C11H20N4O. The van der Waals surface area contributed by atoms with E-state index in [9.17, 15) is 0 Å². The van der Waals surface area contributed by atoms with Gasteiger partial charge in [-0.3, -0.25) is 4.90 Å². The predicted octanol–water partition coefficient (Wildman–Crippen LogP) is 0.141. The summed E-state index contributed by atoms with van der Waals surface area (Å²) in [5.74, 6) is 0. The second-order valence-electron chi connectivity index (χ2n) is 4.15. The molecule has 1 saturated heterocycles. The van der Waals surface area contributed by atoms with Crippen molar-refractivity contribution in [3.63, 3.8) is 0 Å². The van der Waals surface area contributed by atoms with Crippen LogP contribution in [0.3, 0.4) is 0 Å². The molecule has 0 saturated carbocycles. The molecule has 2 heterocycles. The molecule has 0 aromatic carbocycles. The van der Waals surface area contributed by atoms with E-state index in [1.165, 1.54) is 5.69 Å². The smallest absolute Gasteiger partial charge is 0.0946 e. The first-order valence-corrected chi connectivity index (χ1v) is 5.79. The first kappa shape index (κ1) is 11.6. The highest BCUT2D eigenvalue weighted by molar-refractivity contribution is 5.09. The van der Waals surface area contributed by atoms with Crippen molar-refractivity contribution in [2.24, 2.45) is 12.8 Å². The summed E-state index contributed by atoms with van der Waals surface area (Å²) in [6.45, 7) is 5.46. The monoisotopic (exact) mass is 224 g/mol. The van der Waals surface area contributed by atoms with Gasteiger partial charge >= 0.3 is 0 Å². The van der Waals surface area contributed by atoms with E-state index >= 15 is 0 Å². The van der Waals surface area contributed by atoms with Crippen molar-refractivity contribution in [3.8, 4) is 0 Å². The number of aromatic nitrogens is 2. The van der Waals surface area contributed by atoms with Crippen LogP contribution < -0.4 is 5.73 Å². The summed E-state index contributed by atoms with van der Waals surface area (Å²) in [7, 11) is 2.01. The number of nitrogens with two attached hydrogens (primary N) is 1. The average Bonchev–Trinajstić information content (AvgIpc) is 2.74. The van der Waals surface area contributed by atoms with Gasteiger partial charge in [0.15, 0.2) is 0 Å². The quantitative estimate of drug-likeness (QED) is 0.793. The lowest BCUT2D eigenvalue weighted by molar-refractivity contribution is -0.0680. The van der Waals surface area contributed by atoms with Crippen molar-refractivity contribution in [2.75, 3.05) is 26.2 Å². The third kappa shape index (κ3) is 1.98. The summed E-state index contributed by atoms with van der Waals surface area (Å²) >= 11 is 0. The van der Waals surface area contributed by atoms with Crippen molar-refractivity contribution < 1.29 is 4.74 Å². The van der Waals surface area contributed by atoms with Crippen molar-refractivity contribution in [2.45, 2.75) is 19.1 Å². The number of likely N-dealkylation sites (N-methyl/N-ethyl adjacent to an activating group) is 1. The van der Waals surface area contributed by atoms with Crippen LogP contribution >= 0.6 is 0 Å². The van der Waals surface area contributed by atoms with Crippen molar-refractivity contribution in [1.29, 1.82) is 0 Å². The fraction of sp³-hybridized carbons (Fsp3) is 0.727. The van der Waals surface area contributed by atoms with Gasteiger partial charge in [0.2, 0.25) is 0 Å². The molecule has 5 heteroatoms. The van der Waals surface area contributed by atoms with Crippen LogP contribution in [-0.2, 0) is 11.8 Å². The highest BCUT2D eigenvalue weighted by Crippen LogP contribution is 2.28. The molecule has 2 rings (SSSR count). The van der Waals surface area contributed by atoms with E-state index < -0.39 is 0 Å². The van der Waals surface area contributed by atoms with Crippen LogP contribution in [0.1, 0.15) is 18.7 Å². The van der Waals surface area contributed by atoms with Gasteiger partial charge in [0.25, 0.3) is 0 Å². The minimum Gasteiger partial charge on any atom is -0.374 e. The summed E-state index contributed by atoms with van der Waals surface area (Å²) in [4.78, 5) is 6.58. The molecule has 1 aliphatic heterocycles. The van der Waals surface area contributed by atoms with Gasteiger partial charge in [0, 0.05) is 26.3 Å². The van der Waals surface area contributed by atoms with Crippen molar-refractivity contribution >= 4 is 0 Å². The molecule has 0 amide bonds. The number of nitrogens with zero attached hydrogens (tertiary/aromatic N) is 3. The lowest BCUT2D eigenvalue weighted by Gasteiger charge is -2.40. The fourth-order valence-corrected chi connectivity index (χ4v) is 2.37. The van der Waals surface area contributed by atoms with Crippen LogP contribution in [0.4, 0.5) is 0 Å². The van der Waals surface area contributed by atoms with E-state index in [2.05, 4.69) is 16.8 Å². The summed E-state index contributed by atoms with van der Waals surface area (Å²) in [5.41, 5.74) is 6.96. The zero-order chi connectivity index (χ0) is 11.5. The maximum atomic E-state index is 5.79. The number of rotatable bonds is 3. The van der Waals surface area contributed by atoms with E-state index in [0.29, 0.717) is 6.54 Å². The molecule has 90 valence electrons. The second-order valence-corrected chi connectivity index (χ2v) is 4.15. The van der Waals surface area contributed by atoms with Crippen LogP contribution in [0, 0.1) is 0 Å². The Morgan fingerprint density at radius 2 is 2.44 bits per heavy atom. The Morgan fingerprint density at radius 3 is 3.00 bits per heavy atom. The highest BCUT2D eigenvalue weighted by atomic mass is 16.5. The minimum atomic E-state index is 0.0732. The molecule has 2 N–H and O–H groups in total. The molecule has 2 atom stereocenters. The fourth-order valence-electron chi connectivity index (χ4n) is 2.37. The maximum absolute atomic E-state index is 5.79. The van der Waals surface area contributed by atoms with E-state index in [1.54, 1.807) is 0 Å². The first-order valence-electron chi connectivity index (χ1n) is 5.79. The van der Waals surface area contributed by atoms with Crippen molar-refractivity contribution in [3.05, 3.63) is 18.2 Å². The maximum Gasteiger partial charge on any atom is 0.0946 e. The second kappa shape index (κ2) is 4.95. The largest absolute Gasteiger partial charge is 0.374 e. The first-order chi connectivity index (χ1) is 7.77. The Labute approximate surface area is 96.2 Å². The summed E-state index contributed by atoms with van der Waals surface area (Å²) in [5, 5.41) is 0. The third-order valence-electron chi connectivity index (χ3n) is 3.25. The molecule has 1 aromatic heterocycles. The number of hydrogen-bond acceptors (Lipinski definition) is 4. The summed E-state index contributed by atoms with van der Waals surface area (Å²) in [6.07, 6.45) is 3.81. The Morgan fingerprint density at radius 1 is 1.62 bits per heavy atom. The normalized spacial score (nSPS) is 27.2. The molecule has 1 aliphatic rings. The molecule has 1 fully saturated rings. The van der Waals surface area contributed by atoms with E-state index in [-0.39, 0.29) is 12.1 Å². The SMILES string of the molecule is CCN1CCO[C@@H](CN)[C@@H]1c1cncn1C. The van der Waals surface area contributed by atoms with E-state index in [4.69, 9.17) is 10.5 Å². The third-order valence-corrected chi connectivity index (χ3v) is 3.25. The number of morpholine rings is 1. The lowest BCUT2D eigenvalue weighted by Crippen LogP contribution is -2.48. The Balaban J connectivity index is 2.28. The Kier molecular flexibility index (Phi) is 3.58. The Hall–Kier alpha value is -0.910. The molecule has 0 aliphatic carbocycles. The molecule has 16 heavy (non-hydrogen) atoms. The molecule has 0 bridgehead atoms. The van der Waals surface area contributed by atoms with Gasteiger partial charge in [-0.05, 0) is 6.54 Å². The number of hydrogen-bond donors (Lipinski definition) is 1. The van der Waals surface area contributed by atoms with Gasteiger partial charge in [-0.2, -0.15) is 0 Å². The average molecular weight is 224 g/mol. The summed E-state index contributed by atoms with van der Waals surface area (Å²) in [6, 6.07) is 0.233. The van der Waals surface area contributed by atoms with Crippen LogP contribution in [0.5, 0.6) is 0 Å². The molecule has 0 radical (unpaired) electrons. The van der Waals surface area contributed by atoms with Crippen LogP contribution in [-0.4, -0.2) is 46.8 Å². The number of ether oxygens (including phenoxy) is 1. The Bertz CT molecular complexity index is 326. The molecule has 0 spiro atoms. The standard InChI is InChI=1S/C11H20N4O/c1-3-15-4-5-16-10(6-12)11(15)9-7-13-8-14(9)2/h7-8,10-11H,3-6,12H2,1-2H3/t10-,11-/m0/s1. The van der Waals surface area contributed by atoms with Gasteiger partial charge in [-0.25, -0.2) is 4.98 Å². The van der Waals surface area contributed by atoms with Crippen LogP contribution in [0.2, 0.25) is 0 Å². The topological polar surface area (TPSA) is 56.3 Å². The van der Waals surface area contributed by atoms with Gasteiger partial charge in [0.1, 0.15) is 0 Å². The number of aryl methyl sites for hydroxylation is 1. The molecule has 0 unspecified atom stereocenters. The van der Waals surface area contributed by atoms with Gasteiger partial charge in [-0.1, -0.05) is 6.92 Å². The van der Waals surface area contributed by atoms with E-state index in [1.807, 2.05) is 24.1 Å². The van der Waals surface area contributed by atoms with E-state index in [0.717, 1.165) is 19.7 Å². The highest BCUT2D eigenvalue weighted by Gasteiger charge is 2.33. The molecule has 5 nitrogen and oxygen atoms in total. The number of imidazole rings is 1. The lowest BCUT2D eigenvalue weighted by atomic mass is 10.0. The molecule has 1 aromatic rings. The van der Waals surface area contributed by atoms with Crippen LogP contribution in [0.25, 0.3) is 0 Å². The zero-order valence-corrected chi connectivity index (χ0v) is 9.97. The predicted molar refractivity (Wildman–Crippen MR) is 62.0 cm³/mol. The van der Waals surface area contributed by atoms with Gasteiger partial charge in [0.05, 0.1) is 30.8 Å². The summed E-state index contributed by atoms with van der Waals surface area (Å²) < 4.78 is 7.79. The van der Waals surface area contributed by atoms with Gasteiger partial charge < -0.3 is 15.0 Å².